The van der Waals surface area contributed by atoms with Crippen LogP contribution in [-0.4, -0.2) is 11.3 Å². The monoisotopic (exact) mass is 291 g/mol. The third-order valence-corrected chi connectivity index (χ3v) is 5.92. The van der Waals surface area contributed by atoms with E-state index >= 15 is 0 Å². The minimum Gasteiger partial charge on any atom is -0.327 e. The van der Waals surface area contributed by atoms with E-state index in [0.29, 0.717) is 6.04 Å². The van der Waals surface area contributed by atoms with Crippen molar-refractivity contribution in [3.63, 3.8) is 0 Å². The number of hydrogen-bond donors (Lipinski definition) is 1. The van der Waals surface area contributed by atoms with E-state index in [-0.39, 0.29) is 0 Å². The molecule has 112 valence electrons. The van der Waals surface area contributed by atoms with E-state index in [1.807, 2.05) is 0 Å². The van der Waals surface area contributed by atoms with Crippen LogP contribution < -0.4 is 5.73 Å². The van der Waals surface area contributed by atoms with E-state index in [2.05, 4.69) is 50.7 Å². The Balaban J connectivity index is 1.98. The molecule has 2 heteroatoms. The summed E-state index contributed by atoms with van der Waals surface area (Å²) < 4.78 is 0. The Morgan fingerprint density at radius 3 is 2.80 bits per heavy atom. The van der Waals surface area contributed by atoms with Crippen LogP contribution in [0.3, 0.4) is 0 Å². The van der Waals surface area contributed by atoms with Crippen LogP contribution in [0.5, 0.6) is 0 Å². The summed E-state index contributed by atoms with van der Waals surface area (Å²) in [6.07, 6.45) is 7.65. The molecule has 20 heavy (non-hydrogen) atoms. The molecule has 1 aliphatic carbocycles. The summed E-state index contributed by atoms with van der Waals surface area (Å²) in [4.78, 5) is 1.47. The molecule has 3 atom stereocenters. The average molecular weight is 292 g/mol. The first-order valence-electron chi connectivity index (χ1n) is 8.10. The van der Waals surface area contributed by atoms with E-state index in [9.17, 15) is 0 Å². The minimum atomic E-state index is 0.298. The summed E-state index contributed by atoms with van der Waals surface area (Å²) in [7, 11) is 0. The van der Waals surface area contributed by atoms with Crippen LogP contribution in [0.4, 0.5) is 0 Å². The zero-order valence-corrected chi connectivity index (χ0v) is 14.0. The minimum absolute atomic E-state index is 0.298. The predicted molar refractivity (Wildman–Crippen MR) is 90.4 cm³/mol. The molecule has 1 fully saturated rings. The standard InChI is InChI=1S/C18H29NS/c1-4-16(19)12-15-8-9-18(14(3)11-15)20-17-7-5-6-13(2)10-17/h8-9,11,13,16-17H,4-7,10,12,19H2,1-3H3. The van der Waals surface area contributed by atoms with E-state index < -0.39 is 0 Å². The van der Waals surface area contributed by atoms with Crippen molar-refractivity contribution >= 4 is 11.8 Å². The van der Waals surface area contributed by atoms with Crippen LogP contribution in [0.25, 0.3) is 0 Å². The molecule has 0 heterocycles. The van der Waals surface area contributed by atoms with Gasteiger partial charge in [-0.3, -0.25) is 0 Å². The van der Waals surface area contributed by atoms with Crippen molar-refractivity contribution in [3.8, 4) is 0 Å². The molecule has 0 amide bonds. The molecule has 1 aliphatic rings. The van der Waals surface area contributed by atoms with Crippen molar-refractivity contribution < 1.29 is 0 Å². The summed E-state index contributed by atoms with van der Waals surface area (Å²) in [6, 6.07) is 7.23. The van der Waals surface area contributed by atoms with Gasteiger partial charge in [-0.15, -0.1) is 11.8 Å². The van der Waals surface area contributed by atoms with Gasteiger partial charge >= 0.3 is 0 Å². The number of aryl methyl sites for hydroxylation is 1. The van der Waals surface area contributed by atoms with Gasteiger partial charge in [-0.05, 0) is 55.7 Å². The van der Waals surface area contributed by atoms with Crippen molar-refractivity contribution in [2.75, 3.05) is 0 Å². The molecule has 2 rings (SSSR count). The lowest BCUT2D eigenvalue weighted by molar-refractivity contribution is 0.394. The third-order valence-electron chi connectivity index (χ3n) is 4.44. The number of thioether (sulfide) groups is 1. The summed E-state index contributed by atoms with van der Waals surface area (Å²) in [5.41, 5.74) is 8.86. The Bertz CT molecular complexity index is 429. The van der Waals surface area contributed by atoms with Gasteiger partial charge in [-0.25, -0.2) is 0 Å². The lowest BCUT2D eigenvalue weighted by Crippen LogP contribution is -2.21. The lowest BCUT2D eigenvalue weighted by atomic mass is 9.91. The van der Waals surface area contributed by atoms with Crippen molar-refractivity contribution in [1.29, 1.82) is 0 Å². The molecule has 0 aliphatic heterocycles. The normalized spacial score (nSPS) is 24.6. The highest BCUT2D eigenvalue weighted by Crippen LogP contribution is 2.37. The van der Waals surface area contributed by atoms with E-state index in [1.165, 1.54) is 41.7 Å². The Morgan fingerprint density at radius 1 is 1.35 bits per heavy atom. The van der Waals surface area contributed by atoms with Crippen molar-refractivity contribution in [1.82, 2.24) is 0 Å². The highest BCUT2D eigenvalue weighted by Gasteiger charge is 2.20. The quantitative estimate of drug-likeness (QED) is 0.831. The molecule has 1 nitrogen and oxygen atoms in total. The van der Waals surface area contributed by atoms with Gasteiger partial charge in [0.25, 0.3) is 0 Å². The summed E-state index contributed by atoms with van der Waals surface area (Å²) in [5.74, 6) is 0.906. The largest absolute Gasteiger partial charge is 0.327 e. The van der Waals surface area contributed by atoms with Gasteiger partial charge in [0.2, 0.25) is 0 Å². The van der Waals surface area contributed by atoms with Gasteiger partial charge in [-0.2, -0.15) is 0 Å². The van der Waals surface area contributed by atoms with Crippen molar-refractivity contribution in [3.05, 3.63) is 29.3 Å². The zero-order chi connectivity index (χ0) is 14.5. The third kappa shape index (κ3) is 4.53. The zero-order valence-electron chi connectivity index (χ0n) is 13.2. The molecule has 2 N–H and O–H groups in total. The maximum Gasteiger partial charge on any atom is 0.0104 e. The highest BCUT2D eigenvalue weighted by atomic mass is 32.2. The first kappa shape index (κ1) is 15.9. The Morgan fingerprint density at radius 2 is 2.15 bits per heavy atom. The Hall–Kier alpha value is -0.470. The molecule has 3 unspecified atom stereocenters. The molecule has 1 aromatic carbocycles. The number of hydrogen-bond acceptors (Lipinski definition) is 2. The van der Waals surface area contributed by atoms with E-state index in [1.54, 1.807) is 0 Å². The summed E-state index contributed by atoms with van der Waals surface area (Å²) >= 11 is 2.10. The van der Waals surface area contributed by atoms with Crippen LogP contribution in [0.15, 0.2) is 23.1 Å². The van der Waals surface area contributed by atoms with Crippen LogP contribution in [0, 0.1) is 12.8 Å². The first-order chi connectivity index (χ1) is 9.58. The van der Waals surface area contributed by atoms with E-state index in [4.69, 9.17) is 5.73 Å². The SMILES string of the molecule is CCC(N)Cc1ccc(SC2CCCC(C)C2)c(C)c1. The molecular formula is C18H29NS. The fourth-order valence-electron chi connectivity index (χ4n) is 3.08. The van der Waals surface area contributed by atoms with Crippen LogP contribution >= 0.6 is 11.8 Å². The van der Waals surface area contributed by atoms with Crippen molar-refractivity contribution in [2.45, 2.75) is 75.5 Å². The predicted octanol–water partition coefficient (Wildman–Crippen LogP) is 4.95. The number of rotatable bonds is 5. The Labute approximate surface area is 128 Å². The van der Waals surface area contributed by atoms with E-state index in [0.717, 1.165) is 24.0 Å². The first-order valence-corrected chi connectivity index (χ1v) is 8.98. The molecule has 0 saturated heterocycles. The smallest absolute Gasteiger partial charge is 0.0104 e. The number of benzene rings is 1. The molecule has 1 aromatic rings. The van der Waals surface area contributed by atoms with Gasteiger partial charge in [0.05, 0.1) is 0 Å². The molecule has 1 saturated carbocycles. The summed E-state index contributed by atoms with van der Waals surface area (Å²) in [5, 5.41) is 0.821. The molecule has 0 bridgehead atoms. The summed E-state index contributed by atoms with van der Waals surface area (Å²) in [6.45, 7) is 6.80. The Kier molecular flexibility index (Phi) is 5.98. The maximum atomic E-state index is 6.05. The second-order valence-electron chi connectivity index (χ2n) is 6.48. The van der Waals surface area contributed by atoms with Crippen LogP contribution in [-0.2, 0) is 6.42 Å². The second kappa shape index (κ2) is 7.51. The second-order valence-corrected chi connectivity index (χ2v) is 7.83. The number of nitrogens with two attached hydrogens (primary N) is 1. The van der Waals surface area contributed by atoms with Gasteiger partial charge in [-0.1, -0.05) is 38.8 Å². The topological polar surface area (TPSA) is 26.0 Å². The average Bonchev–Trinajstić information content (AvgIpc) is 2.42. The highest BCUT2D eigenvalue weighted by molar-refractivity contribution is 8.00. The lowest BCUT2D eigenvalue weighted by Gasteiger charge is -2.26. The molecule has 0 aromatic heterocycles. The van der Waals surface area contributed by atoms with Crippen molar-refractivity contribution in [2.24, 2.45) is 11.7 Å². The molecule has 0 spiro atoms. The molecular weight excluding hydrogens is 262 g/mol. The van der Waals surface area contributed by atoms with Crippen LogP contribution in [0.2, 0.25) is 0 Å². The fourth-order valence-corrected chi connectivity index (χ4v) is 4.54. The van der Waals surface area contributed by atoms with Gasteiger partial charge in [0.1, 0.15) is 0 Å². The fraction of sp³-hybridized carbons (Fsp3) is 0.667. The van der Waals surface area contributed by atoms with Gasteiger partial charge in [0.15, 0.2) is 0 Å². The molecule has 0 radical (unpaired) electrons. The van der Waals surface area contributed by atoms with Gasteiger partial charge < -0.3 is 5.73 Å². The van der Waals surface area contributed by atoms with Crippen LogP contribution in [0.1, 0.15) is 57.1 Å². The maximum absolute atomic E-state index is 6.05. The van der Waals surface area contributed by atoms with Gasteiger partial charge in [0, 0.05) is 16.2 Å².